The van der Waals surface area contributed by atoms with Crippen LogP contribution in [0.15, 0.2) is 46.3 Å². The summed E-state index contributed by atoms with van der Waals surface area (Å²) in [5.74, 6) is 1.29. The molecule has 1 amide bonds. The molecular weight excluding hydrogens is 444 g/mol. The maximum atomic E-state index is 13.3. The van der Waals surface area contributed by atoms with E-state index in [4.69, 9.17) is 19.3 Å². The normalized spacial score (nSPS) is 14.3. The van der Waals surface area contributed by atoms with E-state index in [2.05, 4.69) is 4.98 Å². The number of methoxy groups -OCH3 is 3. The number of fused-ring (bicyclic) bond motifs is 3. The molecule has 10 heteroatoms. The van der Waals surface area contributed by atoms with Crippen LogP contribution in [0.5, 0.6) is 17.2 Å². The Bertz CT molecular complexity index is 1280. The number of anilines is 1. The van der Waals surface area contributed by atoms with Crippen LogP contribution in [0.25, 0.3) is 11.3 Å². The highest BCUT2D eigenvalue weighted by Crippen LogP contribution is 2.43. The number of aromatic nitrogens is 3. The number of rotatable bonds is 6. The second kappa shape index (κ2) is 9.14. The minimum atomic E-state index is -0.787. The summed E-state index contributed by atoms with van der Waals surface area (Å²) in [5.41, 5.74) is 1.90. The lowest BCUT2D eigenvalue weighted by Crippen LogP contribution is -2.60. The molecule has 1 aliphatic rings. The van der Waals surface area contributed by atoms with Crippen LogP contribution in [-0.4, -0.2) is 43.6 Å². The van der Waals surface area contributed by atoms with E-state index in [1.807, 2.05) is 30.5 Å². The van der Waals surface area contributed by atoms with Crippen molar-refractivity contribution in [2.75, 3.05) is 32.5 Å². The average Bonchev–Trinajstić information content (AvgIpc) is 2.86. The highest BCUT2D eigenvalue weighted by Gasteiger charge is 2.47. The molecule has 1 N–H and O–H groups in total. The SMILES string of the molecule is CCC(=O)N1c2ccccc2-c2c(=O)[nH]c(SC)n[n+]2[C@@H]1c1cc(OC)c(OC)cc1OC. The van der Waals surface area contributed by atoms with Gasteiger partial charge in [-0.2, -0.15) is 0 Å². The topological polar surface area (TPSA) is 97.6 Å². The highest BCUT2D eigenvalue weighted by atomic mass is 32.2. The van der Waals surface area contributed by atoms with E-state index in [0.29, 0.717) is 44.9 Å². The summed E-state index contributed by atoms with van der Waals surface area (Å²) in [6.07, 6.45) is 1.29. The Balaban J connectivity index is 2.12. The molecule has 0 aliphatic carbocycles. The van der Waals surface area contributed by atoms with Crippen molar-refractivity contribution >= 4 is 23.4 Å². The van der Waals surface area contributed by atoms with Crippen molar-refractivity contribution in [3.63, 3.8) is 0 Å². The second-order valence-corrected chi connectivity index (χ2v) is 8.01. The number of thioether (sulfide) groups is 1. The summed E-state index contributed by atoms with van der Waals surface area (Å²) < 4.78 is 18.2. The third kappa shape index (κ3) is 3.70. The Hall–Kier alpha value is -3.53. The van der Waals surface area contributed by atoms with Gasteiger partial charge in [0.15, 0.2) is 11.5 Å². The molecule has 1 aliphatic heterocycles. The zero-order valence-corrected chi connectivity index (χ0v) is 19.9. The Morgan fingerprint density at radius 3 is 2.42 bits per heavy atom. The van der Waals surface area contributed by atoms with E-state index in [-0.39, 0.29) is 17.9 Å². The molecule has 2 aromatic carbocycles. The third-order valence-corrected chi connectivity index (χ3v) is 6.11. The predicted molar refractivity (Wildman–Crippen MR) is 124 cm³/mol. The first-order chi connectivity index (χ1) is 16.0. The molecule has 1 atom stereocenters. The predicted octanol–water partition coefficient (Wildman–Crippen LogP) is 2.78. The van der Waals surface area contributed by atoms with Crippen molar-refractivity contribution in [3.8, 4) is 28.5 Å². The Kier molecular flexibility index (Phi) is 6.28. The zero-order chi connectivity index (χ0) is 23.7. The molecular formula is C23H25N4O5S+. The summed E-state index contributed by atoms with van der Waals surface area (Å²) in [5, 5.41) is 5.12. The van der Waals surface area contributed by atoms with Crippen molar-refractivity contribution in [1.82, 2.24) is 10.1 Å². The fourth-order valence-electron chi connectivity index (χ4n) is 4.04. The van der Waals surface area contributed by atoms with Gasteiger partial charge in [-0.25, -0.2) is 4.90 Å². The number of benzene rings is 2. The van der Waals surface area contributed by atoms with Gasteiger partial charge in [-0.05, 0) is 29.1 Å². The molecule has 0 unspecified atom stereocenters. The van der Waals surface area contributed by atoms with Crippen LogP contribution in [0.3, 0.4) is 0 Å². The Morgan fingerprint density at radius 2 is 1.79 bits per heavy atom. The molecule has 4 rings (SSSR count). The molecule has 0 saturated heterocycles. The van der Waals surface area contributed by atoms with Crippen LogP contribution >= 0.6 is 11.8 Å². The van der Waals surface area contributed by atoms with Gasteiger partial charge in [-0.15, -0.1) is 0 Å². The molecule has 1 aromatic heterocycles. The summed E-state index contributed by atoms with van der Waals surface area (Å²) >= 11 is 1.31. The first-order valence-corrected chi connectivity index (χ1v) is 11.5. The third-order valence-electron chi connectivity index (χ3n) is 5.54. The highest BCUT2D eigenvalue weighted by molar-refractivity contribution is 7.98. The van der Waals surface area contributed by atoms with Gasteiger partial charge < -0.3 is 14.2 Å². The van der Waals surface area contributed by atoms with E-state index < -0.39 is 6.17 Å². The van der Waals surface area contributed by atoms with E-state index in [1.54, 1.807) is 28.6 Å². The second-order valence-electron chi connectivity index (χ2n) is 7.21. The number of amides is 1. The minimum Gasteiger partial charge on any atom is -0.496 e. The lowest BCUT2D eigenvalue weighted by molar-refractivity contribution is -0.763. The van der Waals surface area contributed by atoms with Gasteiger partial charge >= 0.3 is 11.3 Å². The van der Waals surface area contributed by atoms with Crippen molar-refractivity contribution in [3.05, 3.63) is 52.3 Å². The fourth-order valence-corrected chi connectivity index (χ4v) is 4.40. The Labute approximate surface area is 195 Å². The van der Waals surface area contributed by atoms with Crippen LogP contribution in [0.1, 0.15) is 25.1 Å². The van der Waals surface area contributed by atoms with Crippen molar-refractivity contribution in [1.29, 1.82) is 0 Å². The smallest absolute Gasteiger partial charge is 0.325 e. The lowest BCUT2D eigenvalue weighted by atomic mass is 10.00. The number of hydrogen-bond donors (Lipinski definition) is 1. The van der Waals surface area contributed by atoms with Crippen LogP contribution in [-0.2, 0) is 4.79 Å². The summed E-state index contributed by atoms with van der Waals surface area (Å²) in [6.45, 7) is 1.80. The van der Waals surface area contributed by atoms with E-state index in [1.165, 1.54) is 33.1 Å². The number of hydrogen-bond acceptors (Lipinski definition) is 7. The monoisotopic (exact) mass is 469 g/mol. The van der Waals surface area contributed by atoms with Crippen molar-refractivity contribution in [2.24, 2.45) is 0 Å². The van der Waals surface area contributed by atoms with Crippen molar-refractivity contribution in [2.45, 2.75) is 24.7 Å². The lowest BCUT2D eigenvalue weighted by Gasteiger charge is -2.32. The molecule has 0 fully saturated rings. The first kappa shape index (κ1) is 22.7. The standard InChI is InChI=1S/C23H24N4O5S/c1-6-19(28)26-15-10-8-7-9-13(15)20-21(29)24-23(33-5)25-27(20)22(26)14-11-17(31-3)18(32-4)12-16(14)30-2/h7-12,22H,6H2,1-5H3/p+1/t22-/m1/s1. The van der Waals surface area contributed by atoms with E-state index >= 15 is 0 Å². The number of nitrogens with one attached hydrogen (secondary N) is 1. The van der Waals surface area contributed by atoms with Gasteiger partial charge in [0.2, 0.25) is 11.1 Å². The molecule has 0 radical (unpaired) electrons. The molecule has 3 aromatic rings. The molecule has 0 spiro atoms. The van der Waals surface area contributed by atoms with E-state index in [0.717, 1.165) is 0 Å². The van der Waals surface area contributed by atoms with Crippen LogP contribution in [0.4, 0.5) is 5.69 Å². The van der Waals surface area contributed by atoms with Gasteiger partial charge in [0.1, 0.15) is 5.75 Å². The molecule has 9 nitrogen and oxygen atoms in total. The number of ether oxygens (including phenoxy) is 3. The van der Waals surface area contributed by atoms with Crippen LogP contribution < -0.4 is 29.4 Å². The number of para-hydroxylation sites is 1. The number of nitrogens with zero attached hydrogens (tertiary/aromatic N) is 3. The summed E-state index contributed by atoms with van der Waals surface area (Å²) in [4.78, 5) is 31.0. The molecule has 0 bridgehead atoms. The van der Waals surface area contributed by atoms with Crippen LogP contribution in [0, 0.1) is 0 Å². The number of carbonyl (C=O) groups excluding carboxylic acids is 1. The maximum absolute atomic E-state index is 13.3. The molecule has 33 heavy (non-hydrogen) atoms. The van der Waals surface area contributed by atoms with Gasteiger partial charge in [-0.1, -0.05) is 30.8 Å². The first-order valence-electron chi connectivity index (χ1n) is 10.3. The maximum Gasteiger partial charge on any atom is 0.325 e. The van der Waals surface area contributed by atoms with Gasteiger partial charge in [0, 0.05) is 17.6 Å². The number of H-pyrrole nitrogens is 1. The van der Waals surface area contributed by atoms with Crippen LogP contribution in [0.2, 0.25) is 0 Å². The molecule has 2 heterocycles. The summed E-state index contributed by atoms with van der Waals surface area (Å²) in [6, 6.07) is 10.8. The largest absolute Gasteiger partial charge is 0.496 e. The zero-order valence-electron chi connectivity index (χ0n) is 19.0. The fraction of sp³-hybridized carbons (Fsp3) is 0.304. The van der Waals surface area contributed by atoms with Gasteiger partial charge in [-0.3, -0.25) is 14.6 Å². The summed E-state index contributed by atoms with van der Waals surface area (Å²) in [7, 11) is 4.61. The minimum absolute atomic E-state index is 0.129. The van der Waals surface area contributed by atoms with E-state index in [9.17, 15) is 9.59 Å². The van der Waals surface area contributed by atoms with Gasteiger partial charge in [0.05, 0.1) is 38.1 Å². The Morgan fingerprint density at radius 1 is 1.12 bits per heavy atom. The molecule has 0 saturated carbocycles. The number of carbonyl (C=O) groups is 1. The quantitative estimate of drug-likeness (QED) is 0.438. The van der Waals surface area contributed by atoms with Crippen molar-refractivity contribution < 1.29 is 23.7 Å². The average molecular weight is 470 g/mol. The molecule has 172 valence electrons. The number of aromatic amines is 1. The van der Waals surface area contributed by atoms with Gasteiger partial charge in [0.25, 0.3) is 6.17 Å².